The summed E-state index contributed by atoms with van der Waals surface area (Å²) in [4.78, 5) is 0. The molecular formula is C12H18O2. The van der Waals surface area contributed by atoms with Crippen molar-refractivity contribution in [2.75, 3.05) is 6.61 Å². The van der Waals surface area contributed by atoms with Crippen LogP contribution in [0.3, 0.4) is 0 Å². The first-order valence-electron chi connectivity index (χ1n) is 5.19. The van der Waals surface area contributed by atoms with E-state index >= 15 is 0 Å². The minimum absolute atomic E-state index is 0.0133. The molecule has 3 atom stereocenters. The standard InChI is InChI=1S/C12H18O2/c1-5-13-10-9(2)8-11(3)6-7-12(10,4)14-11/h6-7,10H,2,5,8H2,1,3-4H3/t10-,11+,12-/m0/s1. The lowest BCUT2D eigenvalue weighted by molar-refractivity contribution is -0.156. The number of fused-ring (bicyclic) bond motifs is 2. The molecule has 0 amide bonds. The van der Waals surface area contributed by atoms with Crippen molar-refractivity contribution in [2.24, 2.45) is 0 Å². The van der Waals surface area contributed by atoms with Gasteiger partial charge in [0.15, 0.2) is 0 Å². The highest BCUT2D eigenvalue weighted by molar-refractivity contribution is 5.31. The van der Waals surface area contributed by atoms with Crippen LogP contribution in [0, 0.1) is 0 Å². The van der Waals surface area contributed by atoms with Gasteiger partial charge in [-0.05, 0) is 26.3 Å². The second kappa shape index (κ2) is 2.94. The molecule has 1 fully saturated rings. The Labute approximate surface area is 85.6 Å². The molecule has 0 aliphatic carbocycles. The fraction of sp³-hybridized carbons (Fsp3) is 0.667. The molecule has 0 spiro atoms. The van der Waals surface area contributed by atoms with Gasteiger partial charge in [0.2, 0.25) is 0 Å². The molecule has 0 aromatic rings. The highest BCUT2D eigenvalue weighted by Crippen LogP contribution is 2.45. The lowest BCUT2D eigenvalue weighted by Gasteiger charge is -2.43. The van der Waals surface area contributed by atoms with Gasteiger partial charge in [-0.15, -0.1) is 0 Å². The van der Waals surface area contributed by atoms with Gasteiger partial charge in [0.1, 0.15) is 11.7 Å². The summed E-state index contributed by atoms with van der Waals surface area (Å²) in [5, 5.41) is 0. The van der Waals surface area contributed by atoms with Gasteiger partial charge in [0.05, 0.1) is 5.60 Å². The number of hydrogen-bond acceptors (Lipinski definition) is 2. The Morgan fingerprint density at radius 2 is 2.29 bits per heavy atom. The van der Waals surface area contributed by atoms with E-state index in [1.165, 1.54) is 0 Å². The highest BCUT2D eigenvalue weighted by atomic mass is 16.6. The van der Waals surface area contributed by atoms with E-state index in [0.29, 0.717) is 6.61 Å². The van der Waals surface area contributed by atoms with Crippen molar-refractivity contribution in [1.82, 2.24) is 0 Å². The maximum Gasteiger partial charge on any atom is 0.115 e. The zero-order chi connectivity index (χ0) is 10.4. The van der Waals surface area contributed by atoms with Crippen LogP contribution in [-0.2, 0) is 9.47 Å². The third-order valence-electron chi connectivity index (χ3n) is 3.02. The van der Waals surface area contributed by atoms with Gasteiger partial charge >= 0.3 is 0 Å². The average Bonchev–Trinajstić information content (AvgIpc) is 2.34. The minimum Gasteiger partial charge on any atom is -0.371 e. The molecule has 78 valence electrons. The zero-order valence-electron chi connectivity index (χ0n) is 9.17. The summed E-state index contributed by atoms with van der Waals surface area (Å²) in [7, 11) is 0. The third-order valence-corrected chi connectivity index (χ3v) is 3.02. The van der Waals surface area contributed by atoms with Gasteiger partial charge in [-0.1, -0.05) is 18.7 Å². The van der Waals surface area contributed by atoms with Crippen molar-refractivity contribution in [3.05, 3.63) is 24.3 Å². The van der Waals surface area contributed by atoms with Gasteiger partial charge in [0, 0.05) is 13.0 Å². The predicted molar refractivity (Wildman–Crippen MR) is 56.2 cm³/mol. The molecule has 14 heavy (non-hydrogen) atoms. The molecule has 0 N–H and O–H groups in total. The van der Waals surface area contributed by atoms with E-state index in [2.05, 4.69) is 32.6 Å². The molecule has 0 saturated carbocycles. The van der Waals surface area contributed by atoms with Gasteiger partial charge in [-0.2, -0.15) is 0 Å². The van der Waals surface area contributed by atoms with Crippen molar-refractivity contribution in [1.29, 1.82) is 0 Å². The lowest BCUT2D eigenvalue weighted by atomic mass is 9.87. The molecule has 0 radical (unpaired) electrons. The summed E-state index contributed by atoms with van der Waals surface area (Å²) in [5.41, 5.74) is 0.688. The van der Waals surface area contributed by atoms with E-state index in [1.54, 1.807) is 0 Å². The second-order valence-electron chi connectivity index (χ2n) is 4.60. The summed E-state index contributed by atoms with van der Waals surface area (Å²) in [6, 6.07) is 0. The summed E-state index contributed by atoms with van der Waals surface area (Å²) >= 11 is 0. The molecule has 0 aromatic heterocycles. The topological polar surface area (TPSA) is 18.5 Å². The van der Waals surface area contributed by atoms with Crippen molar-refractivity contribution in [3.63, 3.8) is 0 Å². The zero-order valence-corrected chi connectivity index (χ0v) is 9.17. The van der Waals surface area contributed by atoms with Crippen LogP contribution in [0.4, 0.5) is 0 Å². The molecule has 2 nitrogen and oxygen atoms in total. The summed E-state index contributed by atoms with van der Waals surface area (Å²) in [6.07, 6.45) is 5.13. The highest BCUT2D eigenvalue weighted by Gasteiger charge is 2.50. The van der Waals surface area contributed by atoms with E-state index in [-0.39, 0.29) is 17.3 Å². The van der Waals surface area contributed by atoms with Crippen LogP contribution in [0.15, 0.2) is 24.3 Å². The lowest BCUT2D eigenvalue weighted by Crippen LogP contribution is -2.50. The first kappa shape index (κ1) is 9.94. The van der Waals surface area contributed by atoms with Gasteiger partial charge in [0.25, 0.3) is 0 Å². The SMILES string of the molecule is C=C1C[C@@]2(C)C=C[C@](C)(O2)[C@H]1OCC. The number of hydrogen-bond donors (Lipinski definition) is 0. The van der Waals surface area contributed by atoms with Crippen molar-refractivity contribution >= 4 is 0 Å². The summed E-state index contributed by atoms with van der Waals surface area (Å²) in [5.74, 6) is 0. The Kier molecular flexibility index (Phi) is 2.09. The Balaban J connectivity index is 2.28. The first-order valence-corrected chi connectivity index (χ1v) is 5.19. The fourth-order valence-corrected chi connectivity index (χ4v) is 2.55. The molecule has 2 heterocycles. The van der Waals surface area contributed by atoms with Gasteiger partial charge in [-0.25, -0.2) is 0 Å². The quantitative estimate of drug-likeness (QED) is 0.629. The van der Waals surface area contributed by atoms with E-state index in [1.807, 2.05) is 6.92 Å². The maximum absolute atomic E-state index is 6.01. The van der Waals surface area contributed by atoms with Crippen LogP contribution >= 0.6 is 0 Å². The van der Waals surface area contributed by atoms with Crippen LogP contribution < -0.4 is 0 Å². The number of rotatable bonds is 2. The largest absolute Gasteiger partial charge is 0.371 e. The van der Waals surface area contributed by atoms with Gasteiger partial charge in [-0.3, -0.25) is 0 Å². The molecule has 2 aliphatic rings. The molecule has 0 aromatic carbocycles. The Hall–Kier alpha value is -0.600. The predicted octanol–water partition coefficient (Wildman–Crippen LogP) is 2.46. The normalized spacial score (nSPS) is 45.9. The molecular weight excluding hydrogens is 176 g/mol. The third kappa shape index (κ3) is 1.33. The fourth-order valence-electron chi connectivity index (χ4n) is 2.55. The van der Waals surface area contributed by atoms with Crippen LogP contribution in [0.25, 0.3) is 0 Å². The molecule has 2 aliphatic heterocycles. The van der Waals surface area contributed by atoms with Crippen molar-refractivity contribution in [2.45, 2.75) is 44.5 Å². The molecule has 2 bridgehead atoms. The molecule has 2 rings (SSSR count). The van der Waals surface area contributed by atoms with E-state index in [9.17, 15) is 0 Å². The van der Waals surface area contributed by atoms with E-state index in [0.717, 1.165) is 12.0 Å². The van der Waals surface area contributed by atoms with Crippen LogP contribution in [0.2, 0.25) is 0 Å². The minimum atomic E-state index is -0.305. The van der Waals surface area contributed by atoms with Crippen molar-refractivity contribution < 1.29 is 9.47 Å². The van der Waals surface area contributed by atoms with E-state index < -0.39 is 0 Å². The second-order valence-corrected chi connectivity index (χ2v) is 4.60. The Morgan fingerprint density at radius 1 is 1.57 bits per heavy atom. The van der Waals surface area contributed by atoms with Crippen LogP contribution in [-0.4, -0.2) is 23.9 Å². The summed E-state index contributed by atoms with van der Waals surface area (Å²) < 4.78 is 11.7. The maximum atomic E-state index is 6.01. The van der Waals surface area contributed by atoms with Crippen LogP contribution in [0.5, 0.6) is 0 Å². The van der Waals surface area contributed by atoms with Crippen LogP contribution in [0.1, 0.15) is 27.2 Å². The van der Waals surface area contributed by atoms with Gasteiger partial charge < -0.3 is 9.47 Å². The monoisotopic (exact) mass is 194 g/mol. The Morgan fingerprint density at radius 3 is 2.93 bits per heavy atom. The average molecular weight is 194 g/mol. The smallest absolute Gasteiger partial charge is 0.115 e. The molecule has 0 unspecified atom stereocenters. The van der Waals surface area contributed by atoms with Crippen molar-refractivity contribution in [3.8, 4) is 0 Å². The number of ether oxygens (including phenoxy) is 2. The summed E-state index contributed by atoms with van der Waals surface area (Å²) in [6.45, 7) is 11.0. The molecule has 1 saturated heterocycles. The Bertz CT molecular complexity index is 295. The van der Waals surface area contributed by atoms with E-state index in [4.69, 9.17) is 9.47 Å². The molecule has 2 heteroatoms. The first-order chi connectivity index (χ1) is 6.49.